The van der Waals surface area contributed by atoms with Gasteiger partial charge in [-0.05, 0) is 55.0 Å². The molecule has 9 heteroatoms. The van der Waals surface area contributed by atoms with Crippen LogP contribution in [0.5, 0.6) is 0 Å². The summed E-state index contributed by atoms with van der Waals surface area (Å²) < 4.78 is 1.42. The van der Waals surface area contributed by atoms with Crippen LogP contribution in [-0.2, 0) is 0 Å². The summed E-state index contributed by atoms with van der Waals surface area (Å²) in [5.74, 6) is -0.579. The molecule has 2 aromatic heterocycles. The number of halogens is 1. The normalized spacial score (nSPS) is 10.5. The van der Waals surface area contributed by atoms with E-state index in [2.05, 4.69) is 25.7 Å². The quantitative estimate of drug-likeness (QED) is 0.493. The summed E-state index contributed by atoms with van der Waals surface area (Å²) in [4.78, 5) is 33.5. The van der Waals surface area contributed by atoms with Gasteiger partial charge in [0, 0.05) is 23.0 Å². The van der Waals surface area contributed by atoms with Crippen molar-refractivity contribution in [1.82, 2.24) is 19.7 Å². The molecule has 154 valence electrons. The molecule has 31 heavy (non-hydrogen) atoms. The summed E-state index contributed by atoms with van der Waals surface area (Å²) in [6.45, 7) is 1.85. The summed E-state index contributed by atoms with van der Waals surface area (Å²) >= 11 is 5.98. The summed E-state index contributed by atoms with van der Waals surface area (Å²) in [5, 5.41) is 10.3. The number of carbonyl (C=O) groups excluding carboxylic acids is 2. The number of nitrogens with zero attached hydrogens (tertiary/aromatic N) is 4. The van der Waals surface area contributed by atoms with Gasteiger partial charge in [0.25, 0.3) is 17.8 Å². The van der Waals surface area contributed by atoms with E-state index in [4.69, 9.17) is 11.6 Å². The van der Waals surface area contributed by atoms with E-state index >= 15 is 0 Å². The maximum Gasteiger partial charge on any atom is 0.259 e. The van der Waals surface area contributed by atoms with E-state index in [1.165, 1.54) is 10.9 Å². The fraction of sp³-hybridized carbons (Fsp3) is 0.0455. The van der Waals surface area contributed by atoms with Crippen molar-refractivity contribution in [3.8, 4) is 5.69 Å². The van der Waals surface area contributed by atoms with Gasteiger partial charge in [0.05, 0.1) is 11.3 Å². The summed E-state index contributed by atoms with van der Waals surface area (Å²) in [6, 6.07) is 17.3. The lowest BCUT2D eigenvalue weighted by atomic mass is 10.1. The van der Waals surface area contributed by atoms with Crippen molar-refractivity contribution < 1.29 is 9.59 Å². The molecule has 4 rings (SSSR count). The number of nitrogens with one attached hydrogen (secondary N) is 2. The number of amides is 2. The van der Waals surface area contributed by atoms with Gasteiger partial charge in [0.2, 0.25) is 5.95 Å². The molecule has 2 aromatic carbocycles. The largest absolute Gasteiger partial charge is 0.290 e. The number of aromatic nitrogens is 4. The zero-order valence-electron chi connectivity index (χ0n) is 16.4. The maximum atomic E-state index is 12.8. The van der Waals surface area contributed by atoms with Crippen LogP contribution in [0.3, 0.4) is 0 Å². The molecule has 0 bridgehead atoms. The van der Waals surface area contributed by atoms with E-state index < -0.39 is 5.91 Å². The Morgan fingerprint density at radius 2 is 1.71 bits per heavy atom. The van der Waals surface area contributed by atoms with E-state index in [0.29, 0.717) is 21.8 Å². The fourth-order valence-corrected chi connectivity index (χ4v) is 3.00. The first-order valence-corrected chi connectivity index (χ1v) is 9.70. The van der Waals surface area contributed by atoms with Gasteiger partial charge < -0.3 is 0 Å². The molecule has 2 amide bonds. The van der Waals surface area contributed by atoms with Crippen LogP contribution in [0, 0.1) is 6.92 Å². The van der Waals surface area contributed by atoms with Gasteiger partial charge in [0.1, 0.15) is 0 Å². The van der Waals surface area contributed by atoms with Crippen LogP contribution in [0.2, 0.25) is 5.02 Å². The third-order valence-electron chi connectivity index (χ3n) is 4.44. The monoisotopic (exact) mass is 432 g/mol. The van der Waals surface area contributed by atoms with Crippen molar-refractivity contribution in [3.05, 3.63) is 94.8 Å². The highest BCUT2D eigenvalue weighted by Crippen LogP contribution is 2.20. The van der Waals surface area contributed by atoms with E-state index in [0.717, 1.165) is 5.56 Å². The molecule has 0 saturated carbocycles. The van der Waals surface area contributed by atoms with Gasteiger partial charge in [0.15, 0.2) is 0 Å². The summed E-state index contributed by atoms with van der Waals surface area (Å²) in [5.41, 5.74) is 2.30. The average molecular weight is 433 g/mol. The smallest absolute Gasteiger partial charge is 0.259 e. The Morgan fingerprint density at radius 1 is 0.935 bits per heavy atom. The van der Waals surface area contributed by atoms with Crippen LogP contribution in [0.15, 0.2) is 73.1 Å². The molecule has 0 saturated heterocycles. The third kappa shape index (κ3) is 4.59. The maximum absolute atomic E-state index is 12.8. The zero-order chi connectivity index (χ0) is 21.8. The highest BCUT2D eigenvalue weighted by molar-refractivity contribution is 6.30. The van der Waals surface area contributed by atoms with Crippen molar-refractivity contribution in [3.63, 3.8) is 0 Å². The second kappa shape index (κ2) is 8.76. The van der Waals surface area contributed by atoms with E-state index in [1.807, 2.05) is 19.1 Å². The Kier molecular flexibility index (Phi) is 5.72. The third-order valence-corrected chi connectivity index (χ3v) is 4.69. The molecule has 0 fully saturated rings. The molecular weight excluding hydrogens is 416 g/mol. The molecule has 8 nitrogen and oxygen atoms in total. The minimum Gasteiger partial charge on any atom is -0.290 e. The Balaban J connectivity index is 1.67. The van der Waals surface area contributed by atoms with Crippen LogP contribution in [0.25, 0.3) is 5.69 Å². The van der Waals surface area contributed by atoms with Crippen molar-refractivity contribution in [1.29, 1.82) is 0 Å². The molecule has 0 aliphatic carbocycles. The summed E-state index contributed by atoms with van der Waals surface area (Å²) in [7, 11) is 0. The van der Waals surface area contributed by atoms with Crippen molar-refractivity contribution in [2.24, 2.45) is 0 Å². The first-order chi connectivity index (χ1) is 15.0. The van der Waals surface area contributed by atoms with Crippen LogP contribution >= 0.6 is 11.6 Å². The lowest BCUT2D eigenvalue weighted by Gasteiger charge is -2.08. The second-order valence-electron chi connectivity index (χ2n) is 6.61. The number of hydrogen-bond acceptors (Lipinski definition) is 5. The minimum absolute atomic E-state index is 0.0314. The Bertz CT molecular complexity index is 1240. The second-order valence-corrected chi connectivity index (χ2v) is 7.05. The molecule has 0 spiro atoms. The first-order valence-electron chi connectivity index (χ1n) is 9.32. The van der Waals surface area contributed by atoms with Crippen molar-refractivity contribution in [2.45, 2.75) is 6.92 Å². The zero-order valence-corrected chi connectivity index (χ0v) is 17.2. The number of pyridine rings is 1. The molecular formula is C22H17ClN6O2. The molecule has 0 unspecified atom stereocenters. The van der Waals surface area contributed by atoms with Crippen molar-refractivity contribution in [2.75, 3.05) is 10.6 Å². The Labute approximate surface area is 182 Å². The van der Waals surface area contributed by atoms with Crippen LogP contribution in [0.1, 0.15) is 26.3 Å². The lowest BCUT2D eigenvalue weighted by Crippen LogP contribution is -2.17. The van der Waals surface area contributed by atoms with Crippen LogP contribution in [0.4, 0.5) is 11.9 Å². The molecule has 2 heterocycles. The van der Waals surface area contributed by atoms with Gasteiger partial charge in [-0.25, -0.2) is 0 Å². The van der Waals surface area contributed by atoms with Crippen LogP contribution in [-0.4, -0.2) is 31.6 Å². The standard InChI is InChI=1S/C22H17ClN6O2/c1-14-5-2-3-7-18(14)20(31)26-22-27-21(25-19(30)15-6-4-12-24-13-15)28-29(22)17-10-8-16(23)9-11-17/h2-13H,1H3,(H2,25,26,27,28,30,31). The van der Waals surface area contributed by atoms with Gasteiger partial charge in [-0.1, -0.05) is 29.8 Å². The SMILES string of the molecule is Cc1ccccc1C(=O)Nc1nc(NC(=O)c2cccnc2)nn1-c1ccc(Cl)cc1. The van der Waals surface area contributed by atoms with Gasteiger partial charge in [-0.15, -0.1) is 5.10 Å². The molecule has 0 aliphatic heterocycles. The topological polar surface area (TPSA) is 102 Å². The molecule has 2 N–H and O–H groups in total. The lowest BCUT2D eigenvalue weighted by molar-refractivity contribution is 0.101. The van der Waals surface area contributed by atoms with Crippen LogP contribution < -0.4 is 10.6 Å². The predicted molar refractivity (Wildman–Crippen MR) is 118 cm³/mol. The summed E-state index contributed by atoms with van der Waals surface area (Å²) in [6.07, 6.45) is 3.01. The average Bonchev–Trinajstić information content (AvgIpc) is 3.17. The number of aryl methyl sites for hydroxylation is 1. The minimum atomic E-state index is -0.418. The number of rotatable bonds is 5. The van der Waals surface area contributed by atoms with Crippen molar-refractivity contribution >= 4 is 35.3 Å². The predicted octanol–water partition coefficient (Wildman–Crippen LogP) is 4.13. The van der Waals surface area contributed by atoms with Gasteiger partial charge in [-0.2, -0.15) is 9.67 Å². The van der Waals surface area contributed by atoms with Gasteiger partial charge in [-0.3, -0.25) is 25.2 Å². The van der Waals surface area contributed by atoms with E-state index in [-0.39, 0.29) is 17.8 Å². The molecule has 0 atom stereocenters. The van der Waals surface area contributed by atoms with E-state index in [1.54, 1.807) is 54.7 Å². The number of benzene rings is 2. The highest BCUT2D eigenvalue weighted by Gasteiger charge is 2.18. The molecule has 0 radical (unpaired) electrons. The number of hydrogen-bond donors (Lipinski definition) is 2. The number of anilines is 2. The Morgan fingerprint density at radius 3 is 2.42 bits per heavy atom. The Hall–Kier alpha value is -4.04. The van der Waals surface area contributed by atoms with E-state index in [9.17, 15) is 9.59 Å². The molecule has 0 aliphatic rings. The molecule has 4 aromatic rings. The fourth-order valence-electron chi connectivity index (χ4n) is 2.88. The van der Waals surface area contributed by atoms with Gasteiger partial charge >= 0.3 is 0 Å². The number of carbonyl (C=O) groups is 2. The highest BCUT2D eigenvalue weighted by atomic mass is 35.5. The first kappa shape index (κ1) is 20.2.